The number of rotatable bonds is 6. The number of nitrogens with zero attached hydrogens (tertiary/aromatic N) is 1. The van der Waals surface area contributed by atoms with Crippen LogP contribution in [0, 0.1) is 5.82 Å². The van der Waals surface area contributed by atoms with Crippen LogP contribution in [0.4, 0.5) is 4.39 Å². The van der Waals surface area contributed by atoms with Crippen LogP contribution in [0.1, 0.15) is 16.7 Å². The smallest absolute Gasteiger partial charge is 0.322 e. The van der Waals surface area contributed by atoms with Crippen molar-refractivity contribution in [3.63, 3.8) is 0 Å². The van der Waals surface area contributed by atoms with Crippen LogP contribution < -0.4 is 4.74 Å². The van der Waals surface area contributed by atoms with E-state index in [1.54, 1.807) is 18.2 Å². The minimum absolute atomic E-state index is 0.00169. The lowest BCUT2D eigenvalue weighted by Crippen LogP contribution is -2.48. The van der Waals surface area contributed by atoms with Crippen molar-refractivity contribution in [1.82, 2.24) is 4.31 Å². The zero-order valence-electron chi connectivity index (χ0n) is 16.4. The van der Waals surface area contributed by atoms with Crippen molar-refractivity contribution in [2.24, 2.45) is 0 Å². The fourth-order valence-electron chi connectivity index (χ4n) is 3.55. The minimum atomic E-state index is -4.03. The summed E-state index contributed by atoms with van der Waals surface area (Å²) in [6, 6.07) is 17.8. The fraction of sp³-hybridized carbons (Fsp3) is 0.174. The van der Waals surface area contributed by atoms with Crippen molar-refractivity contribution in [2.45, 2.75) is 30.5 Å². The van der Waals surface area contributed by atoms with Gasteiger partial charge >= 0.3 is 5.97 Å². The molecule has 0 radical (unpaired) electrons. The molecular weight excluding hydrogens is 421 g/mol. The molecule has 31 heavy (non-hydrogen) atoms. The lowest BCUT2D eigenvalue weighted by atomic mass is 9.96. The Morgan fingerprint density at radius 2 is 1.65 bits per heavy atom. The maximum Gasteiger partial charge on any atom is 0.322 e. The highest BCUT2D eigenvalue weighted by atomic mass is 32.2. The van der Waals surface area contributed by atoms with Crippen LogP contribution in [-0.2, 0) is 34.4 Å². The van der Waals surface area contributed by atoms with Crippen molar-refractivity contribution < 1.29 is 27.4 Å². The summed E-state index contributed by atoms with van der Waals surface area (Å²) in [7, 11) is -4.03. The molecule has 1 heterocycles. The lowest BCUT2D eigenvalue weighted by molar-refractivity contribution is -0.141. The molecule has 0 unspecified atom stereocenters. The molecule has 1 aliphatic heterocycles. The topological polar surface area (TPSA) is 83.9 Å². The molecule has 3 aromatic rings. The van der Waals surface area contributed by atoms with Gasteiger partial charge in [0, 0.05) is 13.0 Å². The molecular formula is C23H20FNO5S. The lowest BCUT2D eigenvalue weighted by Gasteiger charge is -2.33. The molecule has 0 amide bonds. The average molecular weight is 441 g/mol. The van der Waals surface area contributed by atoms with Crippen LogP contribution >= 0.6 is 0 Å². The Morgan fingerprint density at radius 1 is 1.00 bits per heavy atom. The molecule has 4 rings (SSSR count). The van der Waals surface area contributed by atoms with Gasteiger partial charge in [-0.05, 0) is 53.1 Å². The number of hydrogen-bond donors (Lipinski definition) is 1. The van der Waals surface area contributed by atoms with Crippen molar-refractivity contribution in [1.29, 1.82) is 0 Å². The number of hydrogen-bond acceptors (Lipinski definition) is 4. The van der Waals surface area contributed by atoms with E-state index in [1.165, 1.54) is 36.4 Å². The molecule has 160 valence electrons. The number of carboxylic acid groups (broad SMARTS) is 1. The monoisotopic (exact) mass is 441 g/mol. The van der Waals surface area contributed by atoms with E-state index in [4.69, 9.17) is 4.74 Å². The summed E-state index contributed by atoms with van der Waals surface area (Å²) in [5.41, 5.74) is 2.41. The molecule has 0 bridgehead atoms. The van der Waals surface area contributed by atoms with Gasteiger partial charge in [0.15, 0.2) is 0 Å². The van der Waals surface area contributed by atoms with Gasteiger partial charge in [-0.3, -0.25) is 4.79 Å². The summed E-state index contributed by atoms with van der Waals surface area (Å²) in [6.07, 6.45) is 0.115. The first kappa shape index (κ1) is 21.0. The third kappa shape index (κ3) is 4.45. The van der Waals surface area contributed by atoms with Gasteiger partial charge < -0.3 is 9.84 Å². The fourth-order valence-corrected chi connectivity index (χ4v) is 5.11. The van der Waals surface area contributed by atoms with E-state index in [2.05, 4.69) is 0 Å². The molecule has 0 saturated heterocycles. The standard InChI is InChI=1S/C23H20FNO5S/c24-19-7-5-16(6-8-19)15-30-20-9-11-21(12-10-20)31(28,29)25-14-18-4-2-1-3-17(18)13-22(25)23(26)27/h1-12,22H,13-15H2,(H,26,27)/t22-/m1/s1. The Morgan fingerprint density at radius 3 is 2.29 bits per heavy atom. The molecule has 0 aromatic heterocycles. The normalized spacial score (nSPS) is 16.5. The van der Waals surface area contributed by atoms with Crippen molar-refractivity contribution in [2.75, 3.05) is 0 Å². The van der Waals surface area contributed by atoms with E-state index < -0.39 is 22.0 Å². The molecule has 6 nitrogen and oxygen atoms in total. The van der Waals surface area contributed by atoms with Crippen molar-refractivity contribution in [3.8, 4) is 5.75 Å². The maximum atomic E-state index is 13.2. The molecule has 0 spiro atoms. The third-order valence-corrected chi connectivity index (χ3v) is 7.11. The number of aliphatic carboxylic acids is 1. The zero-order chi connectivity index (χ0) is 22.0. The van der Waals surface area contributed by atoms with Crippen LogP contribution in [0.25, 0.3) is 0 Å². The van der Waals surface area contributed by atoms with E-state index in [9.17, 15) is 22.7 Å². The van der Waals surface area contributed by atoms with Crippen LogP contribution in [-0.4, -0.2) is 29.8 Å². The highest BCUT2D eigenvalue weighted by Gasteiger charge is 2.39. The summed E-state index contributed by atoms with van der Waals surface area (Å²) < 4.78 is 46.1. The zero-order valence-corrected chi connectivity index (χ0v) is 17.3. The van der Waals surface area contributed by atoms with Gasteiger partial charge in [0.25, 0.3) is 0 Å². The summed E-state index contributed by atoms with van der Waals surface area (Å²) in [4.78, 5) is 11.8. The van der Waals surface area contributed by atoms with Crippen LogP contribution in [0.3, 0.4) is 0 Å². The Balaban J connectivity index is 1.53. The predicted molar refractivity (Wildman–Crippen MR) is 111 cm³/mol. The molecule has 0 saturated carbocycles. The van der Waals surface area contributed by atoms with E-state index in [-0.39, 0.29) is 30.3 Å². The molecule has 3 aromatic carbocycles. The number of fused-ring (bicyclic) bond motifs is 1. The first-order chi connectivity index (χ1) is 14.8. The summed E-state index contributed by atoms with van der Waals surface area (Å²) in [5, 5.41) is 9.63. The Kier molecular flexibility index (Phi) is 5.75. The number of carboxylic acids is 1. The van der Waals surface area contributed by atoms with Gasteiger partial charge in [-0.2, -0.15) is 4.31 Å². The number of ether oxygens (including phenoxy) is 1. The molecule has 1 atom stereocenters. The van der Waals surface area contributed by atoms with E-state index in [0.717, 1.165) is 21.0 Å². The van der Waals surface area contributed by atoms with Gasteiger partial charge in [0.1, 0.15) is 24.2 Å². The van der Waals surface area contributed by atoms with E-state index in [1.807, 2.05) is 18.2 Å². The van der Waals surface area contributed by atoms with E-state index in [0.29, 0.717) is 5.75 Å². The molecule has 1 N–H and O–H groups in total. The van der Waals surface area contributed by atoms with Crippen LogP contribution in [0.15, 0.2) is 77.7 Å². The second-order valence-corrected chi connectivity index (χ2v) is 9.15. The van der Waals surface area contributed by atoms with Crippen LogP contribution in [0.2, 0.25) is 0 Å². The number of sulfonamides is 1. The minimum Gasteiger partial charge on any atom is -0.489 e. The second-order valence-electron chi connectivity index (χ2n) is 7.26. The summed E-state index contributed by atoms with van der Waals surface area (Å²) in [6.45, 7) is 0.203. The first-order valence-corrected chi connectivity index (χ1v) is 11.1. The average Bonchev–Trinajstić information content (AvgIpc) is 2.78. The van der Waals surface area contributed by atoms with Crippen LogP contribution in [0.5, 0.6) is 5.75 Å². The quantitative estimate of drug-likeness (QED) is 0.632. The highest BCUT2D eigenvalue weighted by molar-refractivity contribution is 7.89. The van der Waals surface area contributed by atoms with E-state index >= 15 is 0 Å². The number of benzene rings is 3. The summed E-state index contributed by atoms with van der Waals surface area (Å²) >= 11 is 0. The Labute approximate surface area is 179 Å². The maximum absolute atomic E-state index is 13.2. The summed E-state index contributed by atoms with van der Waals surface area (Å²) in [5.74, 6) is -1.07. The van der Waals surface area contributed by atoms with Gasteiger partial charge in [-0.1, -0.05) is 36.4 Å². The van der Waals surface area contributed by atoms with Gasteiger partial charge in [0.2, 0.25) is 10.0 Å². The number of halogens is 1. The molecule has 0 fully saturated rings. The third-order valence-electron chi connectivity index (χ3n) is 5.24. The SMILES string of the molecule is O=C(O)[C@H]1Cc2ccccc2CN1S(=O)(=O)c1ccc(OCc2ccc(F)cc2)cc1. The molecule has 0 aliphatic carbocycles. The van der Waals surface area contributed by atoms with Crippen molar-refractivity contribution >= 4 is 16.0 Å². The first-order valence-electron chi connectivity index (χ1n) is 9.63. The van der Waals surface area contributed by atoms with Gasteiger partial charge in [-0.15, -0.1) is 0 Å². The molecule has 1 aliphatic rings. The number of carbonyl (C=O) groups is 1. The largest absolute Gasteiger partial charge is 0.489 e. The van der Waals surface area contributed by atoms with Gasteiger partial charge in [-0.25, -0.2) is 12.8 Å². The molecule has 8 heteroatoms. The van der Waals surface area contributed by atoms with Crippen molar-refractivity contribution in [3.05, 3.63) is 95.3 Å². The highest BCUT2D eigenvalue weighted by Crippen LogP contribution is 2.30. The predicted octanol–water partition coefficient (Wildman–Crippen LogP) is 3.60. The second kappa shape index (κ2) is 8.49. The Bertz CT molecular complexity index is 1190. The van der Waals surface area contributed by atoms with Gasteiger partial charge in [0.05, 0.1) is 4.90 Å². The Hall–Kier alpha value is -3.23.